The van der Waals surface area contributed by atoms with Crippen LogP contribution in [0, 0.1) is 6.92 Å². The van der Waals surface area contributed by atoms with Gasteiger partial charge in [-0.05, 0) is 19.1 Å². The van der Waals surface area contributed by atoms with Gasteiger partial charge in [-0.15, -0.1) is 0 Å². The maximum Gasteiger partial charge on any atom is 0.248 e. The van der Waals surface area contributed by atoms with Crippen LogP contribution in [-0.2, 0) is 4.79 Å². The van der Waals surface area contributed by atoms with Gasteiger partial charge in [-0.2, -0.15) is 0 Å². The number of carbonyl (C=O) groups excluding carboxylic acids is 1. The van der Waals surface area contributed by atoms with Crippen molar-refractivity contribution in [1.29, 1.82) is 0 Å². The average Bonchev–Trinajstić information content (AvgIpc) is 2.22. The van der Waals surface area contributed by atoms with E-state index in [1.165, 1.54) is 11.6 Å². The van der Waals surface area contributed by atoms with E-state index in [2.05, 4.69) is 5.32 Å². The van der Waals surface area contributed by atoms with Gasteiger partial charge in [0.15, 0.2) is 0 Å². The summed E-state index contributed by atoms with van der Waals surface area (Å²) in [6, 6.07) is 7.60. The molecule has 0 heterocycles. The molecule has 1 aromatic carbocycles. The molecule has 1 rings (SSSR count). The Bertz CT molecular complexity index is 379. The normalized spacial score (nSPS) is 11.1. The maximum absolute atomic E-state index is 11.3. The highest BCUT2D eigenvalue weighted by atomic mass is 35.5. The summed E-state index contributed by atoms with van der Waals surface area (Å²) in [4.78, 5) is 11.3. The standard InChI is InChI=1S/C12H12ClNO/c1-10-5-7-11(8-6-10)14-12(15)4-2-3-9-13/h2-9H,1H3,(H,14,15)/b4-2-,9-3+. The van der Waals surface area contributed by atoms with E-state index in [1.54, 1.807) is 12.2 Å². The lowest BCUT2D eigenvalue weighted by molar-refractivity contribution is -0.111. The van der Waals surface area contributed by atoms with E-state index in [0.717, 1.165) is 11.3 Å². The van der Waals surface area contributed by atoms with Crippen LogP contribution < -0.4 is 5.32 Å². The topological polar surface area (TPSA) is 29.1 Å². The second-order valence-corrected chi connectivity index (χ2v) is 3.28. The fraction of sp³-hybridized carbons (Fsp3) is 0.0833. The molecule has 0 aromatic heterocycles. The van der Waals surface area contributed by atoms with Crippen molar-refractivity contribution in [3.05, 3.63) is 53.6 Å². The summed E-state index contributed by atoms with van der Waals surface area (Å²) in [5, 5.41) is 2.73. The zero-order valence-electron chi connectivity index (χ0n) is 8.41. The Kier molecular flexibility index (Phi) is 4.64. The van der Waals surface area contributed by atoms with Gasteiger partial charge in [0.25, 0.3) is 0 Å². The molecule has 2 nitrogen and oxygen atoms in total. The number of benzene rings is 1. The first-order chi connectivity index (χ1) is 7.22. The highest BCUT2D eigenvalue weighted by molar-refractivity contribution is 6.25. The highest BCUT2D eigenvalue weighted by Crippen LogP contribution is 2.08. The number of allylic oxidation sites excluding steroid dienone is 2. The van der Waals surface area contributed by atoms with Crippen LogP contribution in [0.2, 0.25) is 0 Å². The second-order valence-electron chi connectivity index (χ2n) is 3.03. The summed E-state index contributed by atoms with van der Waals surface area (Å²) >= 11 is 5.30. The van der Waals surface area contributed by atoms with Crippen LogP contribution in [0.4, 0.5) is 5.69 Å². The number of amides is 1. The van der Waals surface area contributed by atoms with Crippen molar-refractivity contribution < 1.29 is 4.79 Å². The summed E-state index contributed by atoms with van der Waals surface area (Å²) in [7, 11) is 0. The lowest BCUT2D eigenvalue weighted by atomic mass is 10.2. The lowest BCUT2D eigenvalue weighted by Gasteiger charge is -2.01. The quantitative estimate of drug-likeness (QED) is 0.616. The first-order valence-corrected chi connectivity index (χ1v) is 4.97. The third kappa shape index (κ3) is 4.47. The van der Waals surface area contributed by atoms with Gasteiger partial charge in [-0.25, -0.2) is 0 Å². The Morgan fingerprint density at radius 2 is 1.93 bits per heavy atom. The van der Waals surface area contributed by atoms with Gasteiger partial charge in [0.1, 0.15) is 0 Å². The van der Waals surface area contributed by atoms with Gasteiger partial charge in [0.05, 0.1) is 0 Å². The molecular weight excluding hydrogens is 210 g/mol. The fourth-order valence-corrected chi connectivity index (χ4v) is 1.09. The molecule has 1 amide bonds. The predicted octanol–water partition coefficient (Wildman–Crippen LogP) is 3.24. The van der Waals surface area contributed by atoms with Crippen LogP contribution >= 0.6 is 11.6 Å². The van der Waals surface area contributed by atoms with Crippen LogP contribution in [0.3, 0.4) is 0 Å². The third-order valence-electron chi connectivity index (χ3n) is 1.75. The maximum atomic E-state index is 11.3. The highest BCUT2D eigenvalue weighted by Gasteiger charge is 1.95. The molecule has 0 saturated heterocycles. The van der Waals surface area contributed by atoms with Crippen molar-refractivity contribution in [3.63, 3.8) is 0 Å². The molecule has 1 N–H and O–H groups in total. The van der Waals surface area contributed by atoms with Crippen LogP contribution in [0.1, 0.15) is 5.56 Å². The lowest BCUT2D eigenvalue weighted by Crippen LogP contribution is -2.07. The van der Waals surface area contributed by atoms with Crippen molar-refractivity contribution >= 4 is 23.2 Å². The molecule has 0 aliphatic rings. The SMILES string of the molecule is Cc1ccc(NC(=O)/C=C\C=C\Cl)cc1. The molecule has 78 valence electrons. The Labute approximate surface area is 94.3 Å². The Morgan fingerprint density at radius 1 is 1.27 bits per heavy atom. The molecule has 15 heavy (non-hydrogen) atoms. The molecule has 1 aromatic rings. The fourth-order valence-electron chi connectivity index (χ4n) is 1.01. The minimum atomic E-state index is -0.173. The summed E-state index contributed by atoms with van der Waals surface area (Å²) < 4.78 is 0. The molecule has 0 bridgehead atoms. The number of rotatable bonds is 3. The number of hydrogen-bond acceptors (Lipinski definition) is 1. The Balaban J connectivity index is 2.55. The zero-order valence-corrected chi connectivity index (χ0v) is 9.16. The van der Waals surface area contributed by atoms with Crippen LogP contribution in [-0.4, -0.2) is 5.91 Å². The Hall–Kier alpha value is -1.54. The van der Waals surface area contributed by atoms with E-state index in [0.29, 0.717) is 0 Å². The van der Waals surface area contributed by atoms with Crippen LogP contribution in [0.15, 0.2) is 48.0 Å². The molecule has 0 aliphatic heterocycles. The third-order valence-corrected chi connectivity index (χ3v) is 1.90. The van der Waals surface area contributed by atoms with E-state index in [-0.39, 0.29) is 5.91 Å². The van der Waals surface area contributed by atoms with Crippen molar-refractivity contribution in [1.82, 2.24) is 0 Å². The number of hydrogen-bond donors (Lipinski definition) is 1. The van der Waals surface area contributed by atoms with Gasteiger partial charge in [-0.3, -0.25) is 4.79 Å². The van der Waals surface area contributed by atoms with E-state index in [1.807, 2.05) is 31.2 Å². The van der Waals surface area contributed by atoms with Gasteiger partial charge >= 0.3 is 0 Å². The number of nitrogens with one attached hydrogen (secondary N) is 1. The van der Waals surface area contributed by atoms with E-state index in [4.69, 9.17) is 11.6 Å². The van der Waals surface area contributed by atoms with Gasteiger partial charge in [0.2, 0.25) is 5.91 Å². The average molecular weight is 222 g/mol. The largest absolute Gasteiger partial charge is 0.323 e. The Morgan fingerprint density at radius 3 is 2.53 bits per heavy atom. The first kappa shape index (κ1) is 11.5. The monoisotopic (exact) mass is 221 g/mol. The van der Waals surface area contributed by atoms with Crippen LogP contribution in [0.25, 0.3) is 0 Å². The summed E-state index contributed by atoms with van der Waals surface area (Å²) in [6.07, 6.45) is 4.57. The van der Waals surface area contributed by atoms with Crippen molar-refractivity contribution in [2.45, 2.75) is 6.92 Å². The van der Waals surface area contributed by atoms with Gasteiger partial charge < -0.3 is 5.32 Å². The molecule has 0 fully saturated rings. The molecule has 3 heteroatoms. The van der Waals surface area contributed by atoms with E-state index in [9.17, 15) is 4.79 Å². The molecule has 0 radical (unpaired) electrons. The molecule has 0 spiro atoms. The molecule has 0 aliphatic carbocycles. The zero-order chi connectivity index (χ0) is 11.1. The number of halogens is 1. The molecule has 0 unspecified atom stereocenters. The van der Waals surface area contributed by atoms with E-state index >= 15 is 0 Å². The predicted molar refractivity (Wildman–Crippen MR) is 63.9 cm³/mol. The van der Waals surface area contributed by atoms with Crippen molar-refractivity contribution in [2.24, 2.45) is 0 Å². The van der Waals surface area contributed by atoms with Crippen molar-refractivity contribution in [3.8, 4) is 0 Å². The molecular formula is C12H12ClNO. The summed E-state index contributed by atoms with van der Waals surface area (Å²) in [5.41, 5.74) is 3.29. The summed E-state index contributed by atoms with van der Waals surface area (Å²) in [5.74, 6) is -0.173. The summed E-state index contributed by atoms with van der Waals surface area (Å²) in [6.45, 7) is 2.00. The number of carbonyl (C=O) groups is 1. The van der Waals surface area contributed by atoms with Crippen molar-refractivity contribution in [2.75, 3.05) is 5.32 Å². The smallest absolute Gasteiger partial charge is 0.248 e. The number of aryl methyl sites for hydroxylation is 1. The van der Waals surface area contributed by atoms with Gasteiger partial charge in [-0.1, -0.05) is 41.4 Å². The molecule has 0 atom stereocenters. The van der Waals surface area contributed by atoms with E-state index < -0.39 is 0 Å². The molecule has 0 saturated carbocycles. The van der Waals surface area contributed by atoms with Gasteiger partial charge in [0, 0.05) is 17.3 Å². The first-order valence-electron chi connectivity index (χ1n) is 4.53. The second kappa shape index (κ2) is 6.04. The number of anilines is 1. The van der Waals surface area contributed by atoms with Crippen LogP contribution in [0.5, 0.6) is 0 Å². The minimum absolute atomic E-state index is 0.173. The minimum Gasteiger partial charge on any atom is -0.323 e.